The zero-order chi connectivity index (χ0) is 19.6. The molecule has 0 saturated carbocycles. The van der Waals surface area contributed by atoms with E-state index < -0.39 is 50.2 Å². The topological polar surface area (TPSA) is 120 Å². The highest BCUT2D eigenvalue weighted by Crippen LogP contribution is 2.41. The van der Waals surface area contributed by atoms with Gasteiger partial charge in [-0.1, -0.05) is 18.2 Å². The number of nitrogens with one attached hydrogen (secondary N) is 1. The van der Waals surface area contributed by atoms with Crippen molar-refractivity contribution in [2.24, 2.45) is 0 Å². The van der Waals surface area contributed by atoms with Crippen LogP contribution >= 0.6 is 8.25 Å². The second kappa shape index (κ2) is 7.77. The van der Waals surface area contributed by atoms with Gasteiger partial charge in [0.2, 0.25) is 0 Å². The lowest BCUT2D eigenvalue weighted by molar-refractivity contribution is -0.0586. The molecule has 0 bridgehead atoms. The zero-order valence-electron chi connectivity index (χ0n) is 14.2. The molecule has 1 saturated heterocycles. The standard InChI is InChI=1S/C16H18FN2O7P/c1-16(17)13(21)11(9-24-27(23)26-10-5-3-2-4-6-10)25-14(16)19-8-7-12(20)18-15(19)22/h2-8,11,13-14,21,27H,9H2,1H3,(H,18,20,22)/t11?,13-,14-,16-/m1/s1. The Hall–Kier alpha value is -2.26. The van der Waals surface area contributed by atoms with Crippen LogP contribution in [-0.4, -0.2) is 39.1 Å². The Morgan fingerprint density at radius 2 is 2.04 bits per heavy atom. The lowest BCUT2D eigenvalue weighted by Gasteiger charge is -2.24. The van der Waals surface area contributed by atoms with E-state index in [9.17, 15) is 23.7 Å². The Morgan fingerprint density at radius 3 is 2.70 bits per heavy atom. The summed E-state index contributed by atoms with van der Waals surface area (Å²) in [7, 11) is -2.96. The van der Waals surface area contributed by atoms with Gasteiger partial charge in [-0.05, 0) is 19.1 Å². The van der Waals surface area contributed by atoms with Crippen LogP contribution in [0.4, 0.5) is 4.39 Å². The number of alkyl halides is 1. The van der Waals surface area contributed by atoms with Crippen LogP contribution < -0.4 is 15.8 Å². The van der Waals surface area contributed by atoms with E-state index in [-0.39, 0.29) is 0 Å². The first kappa shape index (κ1) is 19.5. The number of hydrogen-bond donors (Lipinski definition) is 2. The molecule has 3 rings (SSSR count). The molecule has 11 heteroatoms. The molecule has 2 unspecified atom stereocenters. The molecule has 0 radical (unpaired) electrons. The van der Waals surface area contributed by atoms with E-state index in [1.165, 1.54) is 0 Å². The molecule has 1 aliphatic rings. The van der Waals surface area contributed by atoms with Crippen LogP contribution in [0.2, 0.25) is 0 Å². The van der Waals surface area contributed by atoms with Gasteiger partial charge in [-0.2, -0.15) is 0 Å². The molecule has 9 nitrogen and oxygen atoms in total. The number of hydrogen-bond acceptors (Lipinski definition) is 7. The van der Waals surface area contributed by atoms with Crippen molar-refractivity contribution in [2.45, 2.75) is 31.0 Å². The number of para-hydroxylation sites is 1. The molecule has 5 atom stereocenters. The number of aromatic nitrogens is 2. The van der Waals surface area contributed by atoms with Gasteiger partial charge in [0.25, 0.3) is 5.56 Å². The molecule has 0 spiro atoms. The first-order valence-electron chi connectivity index (χ1n) is 8.02. The van der Waals surface area contributed by atoms with E-state index in [0.717, 1.165) is 23.8 Å². The lowest BCUT2D eigenvalue weighted by Crippen LogP contribution is -2.43. The summed E-state index contributed by atoms with van der Waals surface area (Å²) in [6.07, 6.45) is -3.28. The number of halogens is 1. The second-order valence-corrected chi connectivity index (χ2v) is 7.11. The molecule has 0 amide bonds. The third-order valence-electron chi connectivity index (χ3n) is 4.13. The Bertz CT molecular complexity index is 930. The van der Waals surface area contributed by atoms with Crippen LogP contribution in [0, 0.1) is 0 Å². The predicted molar refractivity (Wildman–Crippen MR) is 92.8 cm³/mol. The third-order valence-corrected chi connectivity index (χ3v) is 4.94. The molecule has 0 aliphatic carbocycles. The molecular weight excluding hydrogens is 382 g/mol. The van der Waals surface area contributed by atoms with Gasteiger partial charge >= 0.3 is 13.9 Å². The minimum atomic E-state index is -2.96. The van der Waals surface area contributed by atoms with Gasteiger partial charge in [-0.25, -0.2) is 13.8 Å². The van der Waals surface area contributed by atoms with Gasteiger partial charge < -0.3 is 14.4 Å². The van der Waals surface area contributed by atoms with Gasteiger partial charge in [0.1, 0.15) is 18.0 Å². The summed E-state index contributed by atoms with van der Waals surface area (Å²) in [4.78, 5) is 25.0. The summed E-state index contributed by atoms with van der Waals surface area (Å²) in [5.41, 5.74) is -3.88. The van der Waals surface area contributed by atoms with Gasteiger partial charge in [0.05, 0.1) is 6.61 Å². The number of ether oxygens (including phenoxy) is 1. The van der Waals surface area contributed by atoms with Crippen LogP contribution in [0.25, 0.3) is 0 Å². The highest BCUT2D eigenvalue weighted by molar-refractivity contribution is 7.33. The SMILES string of the molecule is C[C@@]1(F)[C@H](O)C(CO[PH](=O)Oc2ccccc2)O[C@H]1n1ccc(=O)[nH]c1=O. The summed E-state index contributed by atoms with van der Waals surface area (Å²) in [5, 5.41) is 10.2. The molecule has 1 aromatic heterocycles. The molecule has 1 aliphatic heterocycles. The van der Waals surface area contributed by atoms with Crippen molar-refractivity contribution < 1.29 is 27.8 Å². The number of benzene rings is 1. The molecule has 1 fully saturated rings. The fourth-order valence-electron chi connectivity index (χ4n) is 2.73. The minimum Gasteiger partial charge on any atom is -0.426 e. The molecule has 27 heavy (non-hydrogen) atoms. The minimum absolute atomic E-state index is 0.335. The highest BCUT2D eigenvalue weighted by atomic mass is 31.1. The molecule has 2 heterocycles. The van der Waals surface area contributed by atoms with Crippen LogP contribution in [0.15, 0.2) is 52.2 Å². The first-order valence-corrected chi connectivity index (χ1v) is 9.25. The quantitative estimate of drug-likeness (QED) is 0.695. The number of H-pyrrole nitrogens is 1. The Balaban J connectivity index is 1.68. The normalized spacial score (nSPS) is 28.8. The highest BCUT2D eigenvalue weighted by Gasteiger charge is 2.55. The average molecular weight is 400 g/mol. The maximum Gasteiger partial charge on any atom is 0.367 e. The summed E-state index contributed by atoms with van der Waals surface area (Å²) < 4.78 is 43.3. The van der Waals surface area contributed by atoms with E-state index in [0.29, 0.717) is 5.75 Å². The number of aliphatic hydroxyl groups is 1. The van der Waals surface area contributed by atoms with E-state index in [1.54, 1.807) is 30.3 Å². The maximum absolute atomic E-state index is 15.0. The van der Waals surface area contributed by atoms with Crippen LogP contribution in [0.1, 0.15) is 13.2 Å². The fraction of sp³-hybridized carbons (Fsp3) is 0.375. The van der Waals surface area contributed by atoms with E-state index in [2.05, 4.69) is 0 Å². The van der Waals surface area contributed by atoms with Crippen molar-refractivity contribution in [3.63, 3.8) is 0 Å². The fourth-order valence-corrected chi connectivity index (χ4v) is 3.41. The molecule has 1 aromatic carbocycles. The van der Waals surface area contributed by atoms with Gasteiger partial charge in [0.15, 0.2) is 11.9 Å². The van der Waals surface area contributed by atoms with Gasteiger partial charge in [-0.3, -0.25) is 18.9 Å². The van der Waals surface area contributed by atoms with Crippen LogP contribution in [-0.2, 0) is 13.8 Å². The summed E-state index contributed by atoms with van der Waals surface area (Å²) in [6.45, 7) is 0.642. The number of rotatable bonds is 6. The molecule has 2 aromatic rings. The van der Waals surface area contributed by atoms with Crippen molar-refractivity contribution >= 4 is 8.25 Å². The number of nitrogens with zero attached hydrogens (tertiary/aromatic N) is 1. The summed E-state index contributed by atoms with van der Waals surface area (Å²) >= 11 is 0. The Labute approximate surface area is 153 Å². The van der Waals surface area contributed by atoms with Crippen molar-refractivity contribution in [1.29, 1.82) is 0 Å². The van der Waals surface area contributed by atoms with E-state index in [4.69, 9.17) is 13.8 Å². The average Bonchev–Trinajstić information content (AvgIpc) is 2.84. The Kier molecular flexibility index (Phi) is 5.61. The Morgan fingerprint density at radius 1 is 1.33 bits per heavy atom. The zero-order valence-corrected chi connectivity index (χ0v) is 15.2. The van der Waals surface area contributed by atoms with Crippen molar-refractivity contribution in [3.8, 4) is 5.75 Å². The third kappa shape index (κ3) is 4.19. The van der Waals surface area contributed by atoms with E-state index >= 15 is 0 Å². The number of aliphatic hydroxyl groups excluding tert-OH is 1. The largest absolute Gasteiger partial charge is 0.426 e. The maximum atomic E-state index is 15.0. The monoisotopic (exact) mass is 400 g/mol. The molecular formula is C16H18FN2O7P. The van der Waals surface area contributed by atoms with Crippen LogP contribution in [0.3, 0.4) is 0 Å². The summed E-state index contributed by atoms with van der Waals surface area (Å²) in [6, 6.07) is 9.34. The van der Waals surface area contributed by atoms with Gasteiger partial charge in [-0.15, -0.1) is 0 Å². The second-order valence-electron chi connectivity index (χ2n) is 6.12. The van der Waals surface area contributed by atoms with Crippen molar-refractivity contribution in [3.05, 3.63) is 63.4 Å². The molecule has 2 N–H and O–H groups in total. The van der Waals surface area contributed by atoms with E-state index in [1.807, 2.05) is 4.98 Å². The van der Waals surface area contributed by atoms with Crippen LogP contribution in [0.5, 0.6) is 5.75 Å². The lowest BCUT2D eigenvalue weighted by atomic mass is 9.98. The van der Waals surface area contributed by atoms with Crippen molar-refractivity contribution in [2.75, 3.05) is 6.61 Å². The molecule has 146 valence electrons. The smallest absolute Gasteiger partial charge is 0.367 e. The predicted octanol–water partition coefficient (Wildman–Crippen LogP) is 1.01. The van der Waals surface area contributed by atoms with Gasteiger partial charge in [0, 0.05) is 12.3 Å². The summed E-state index contributed by atoms with van der Waals surface area (Å²) in [5.74, 6) is 0.335. The number of aromatic amines is 1. The van der Waals surface area contributed by atoms with Crippen molar-refractivity contribution in [1.82, 2.24) is 9.55 Å². The first-order chi connectivity index (χ1) is 12.8.